The van der Waals surface area contributed by atoms with E-state index in [1.807, 2.05) is 30.5 Å². The Bertz CT molecular complexity index is 1270. The van der Waals surface area contributed by atoms with E-state index in [0.29, 0.717) is 29.4 Å². The summed E-state index contributed by atoms with van der Waals surface area (Å²) in [6.07, 6.45) is 5.74. The van der Waals surface area contributed by atoms with Crippen molar-refractivity contribution in [3.8, 4) is 0 Å². The van der Waals surface area contributed by atoms with E-state index in [-0.39, 0.29) is 0 Å². The average Bonchev–Trinajstić information content (AvgIpc) is 2.79. The van der Waals surface area contributed by atoms with Gasteiger partial charge in [-0.2, -0.15) is 0 Å². The van der Waals surface area contributed by atoms with Gasteiger partial charge in [0, 0.05) is 43.5 Å². The first-order valence-corrected chi connectivity index (χ1v) is 11.0. The largest absolute Gasteiger partial charge is 0.383 e. The van der Waals surface area contributed by atoms with Gasteiger partial charge in [-0.1, -0.05) is 32.0 Å². The fourth-order valence-electron chi connectivity index (χ4n) is 3.95. The molecule has 0 radical (unpaired) electrons. The zero-order valence-electron chi connectivity index (χ0n) is 18.9. The fourth-order valence-corrected chi connectivity index (χ4v) is 3.95. The molecule has 0 bridgehead atoms. The molecule has 0 saturated heterocycles. The number of amides is 1. The minimum atomic E-state index is -0.473. The Morgan fingerprint density at radius 1 is 1.00 bits per heavy atom. The number of nitrogens with zero attached hydrogens (tertiary/aromatic N) is 4. The Morgan fingerprint density at radius 3 is 2.55 bits per heavy atom. The fraction of sp³-hybridized carbons (Fsp3) is 0.231. The van der Waals surface area contributed by atoms with Crippen molar-refractivity contribution in [3.63, 3.8) is 0 Å². The van der Waals surface area contributed by atoms with Crippen molar-refractivity contribution < 1.29 is 4.79 Å². The lowest BCUT2D eigenvalue weighted by atomic mass is 10.1. The second kappa shape index (κ2) is 9.65. The quantitative estimate of drug-likeness (QED) is 0.429. The highest BCUT2D eigenvalue weighted by atomic mass is 16.1. The molecule has 0 spiro atoms. The number of carbonyl (C=O) groups is 1. The Hall–Kier alpha value is -4.00. The predicted molar refractivity (Wildman–Crippen MR) is 132 cm³/mol. The number of nitrogens with two attached hydrogens (primary N) is 2. The Kier molecular flexibility index (Phi) is 6.49. The normalized spacial score (nSPS) is 11.1. The Balaban J connectivity index is 1.56. The van der Waals surface area contributed by atoms with E-state index in [0.717, 1.165) is 35.2 Å². The van der Waals surface area contributed by atoms with E-state index >= 15 is 0 Å². The Labute approximate surface area is 193 Å². The lowest BCUT2D eigenvalue weighted by molar-refractivity contribution is 0.0999. The zero-order chi connectivity index (χ0) is 23.4. The van der Waals surface area contributed by atoms with Crippen molar-refractivity contribution in [2.45, 2.75) is 26.8 Å². The summed E-state index contributed by atoms with van der Waals surface area (Å²) in [6.45, 7) is 5.99. The van der Waals surface area contributed by atoms with Crippen LogP contribution >= 0.6 is 0 Å². The number of carbonyl (C=O) groups excluding carboxylic acids is 1. The maximum atomic E-state index is 11.7. The molecule has 0 fully saturated rings. The number of rotatable bonds is 8. The van der Waals surface area contributed by atoms with Gasteiger partial charge in [0.25, 0.3) is 5.91 Å². The van der Waals surface area contributed by atoms with Gasteiger partial charge in [0.2, 0.25) is 0 Å². The lowest BCUT2D eigenvalue weighted by Gasteiger charge is -2.26. The van der Waals surface area contributed by atoms with Gasteiger partial charge in [0.1, 0.15) is 11.6 Å². The second-order valence-corrected chi connectivity index (χ2v) is 8.59. The van der Waals surface area contributed by atoms with Crippen LogP contribution in [0, 0.1) is 5.92 Å². The molecule has 0 aliphatic carbocycles. The molecule has 0 aliphatic heterocycles. The van der Waals surface area contributed by atoms with Gasteiger partial charge in [0.05, 0.1) is 11.3 Å². The molecule has 1 amide bonds. The van der Waals surface area contributed by atoms with Gasteiger partial charge < -0.3 is 16.4 Å². The van der Waals surface area contributed by atoms with Crippen LogP contribution in [0.2, 0.25) is 0 Å². The summed E-state index contributed by atoms with van der Waals surface area (Å²) in [5.74, 6) is 1.44. The first kappa shape index (κ1) is 22.2. The van der Waals surface area contributed by atoms with E-state index in [4.69, 9.17) is 16.5 Å². The smallest absolute Gasteiger partial charge is 0.250 e. The molecule has 3 aromatic heterocycles. The zero-order valence-corrected chi connectivity index (χ0v) is 18.9. The highest BCUT2D eigenvalue weighted by molar-refractivity contribution is 5.94. The van der Waals surface area contributed by atoms with Crippen LogP contribution in [0.3, 0.4) is 0 Å². The molecule has 33 heavy (non-hydrogen) atoms. The van der Waals surface area contributed by atoms with Crippen molar-refractivity contribution in [2.24, 2.45) is 11.7 Å². The van der Waals surface area contributed by atoms with Crippen molar-refractivity contribution in [1.29, 1.82) is 0 Å². The van der Waals surface area contributed by atoms with E-state index in [2.05, 4.69) is 40.8 Å². The molecule has 0 saturated carbocycles. The standard InChI is InChI=1S/C26H28N6O/c1-17(2)15-32(16-19-5-7-21-20(12-19)9-11-30-25(21)27)24-8-6-18(14-31-24)13-23-22(26(28)33)4-3-10-29-23/h3-12,14,17H,13,15-16H2,1-2H3,(H2,27,30)(H2,28,33). The van der Waals surface area contributed by atoms with Crippen molar-refractivity contribution >= 4 is 28.3 Å². The van der Waals surface area contributed by atoms with E-state index in [1.54, 1.807) is 24.5 Å². The van der Waals surface area contributed by atoms with E-state index in [1.165, 1.54) is 5.56 Å². The number of anilines is 2. The topological polar surface area (TPSA) is 111 Å². The molecule has 7 nitrogen and oxygen atoms in total. The molecule has 0 unspecified atom stereocenters. The summed E-state index contributed by atoms with van der Waals surface area (Å²) in [4.78, 5) is 27.2. The first-order valence-electron chi connectivity index (χ1n) is 11.0. The molecular weight excluding hydrogens is 412 g/mol. The summed E-state index contributed by atoms with van der Waals surface area (Å²) < 4.78 is 0. The molecule has 4 aromatic rings. The summed E-state index contributed by atoms with van der Waals surface area (Å²) in [5.41, 5.74) is 14.7. The molecule has 4 rings (SSSR count). The van der Waals surface area contributed by atoms with Crippen LogP contribution in [0.1, 0.15) is 41.0 Å². The van der Waals surface area contributed by atoms with Gasteiger partial charge in [0.15, 0.2) is 0 Å². The first-order chi connectivity index (χ1) is 15.9. The number of fused-ring (bicyclic) bond motifs is 1. The number of nitrogen functional groups attached to an aromatic ring is 1. The van der Waals surface area contributed by atoms with Crippen LogP contribution in [-0.4, -0.2) is 27.4 Å². The summed E-state index contributed by atoms with van der Waals surface area (Å²) >= 11 is 0. The minimum absolute atomic E-state index is 0.440. The minimum Gasteiger partial charge on any atom is -0.383 e. The monoisotopic (exact) mass is 440 g/mol. The van der Waals surface area contributed by atoms with Crippen molar-refractivity contribution in [2.75, 3.05) is 17.2 Å². The molecule has 1 aromatic carbocycles. The number of benzene rings is 1. The number of hydrogen-bond donors (Lipinski definition) is 2. The number of aromatic nitrogens is 3. The average molecular weight is 441 g/mol. The van der Waals surface area contributed by atoms with Gasteiger partial charge in [-0.3, -0.25) is 9.78 Å². The van der Waals surface area contributed by atoms with Crippen LogP contribution in [0.4, 0.5) is 11.6 Å². The highest BCUT2D eigenvalue weighted by Crippen LogP contribution is 2.23. The summed E-state index contributed by atoms with van der Waals surface area (Å²) in [6, 6.07) is 15.7. The van der Waals surface area contributed by atoms with Crippen molar-refractivity contribution in [1.82, 2.24) is 15.0 Å². The number of hydrogen-bond acceptors (Lipinski definition) is 6. The van der Waals surface area contributed by atoms with Gasteiger partial charge in [-0.05, 0) is 52.8 Å². The van der Waals surface area contributed by atoms with Crippen LogP contribution in [0.5, 0.6) is 0 Å². The Morgan fingerprint density at radius 2 is 1.82 bits per heavy atom. The van der Waals surface area contributed by atoms with E-state index < -0.39 is 5.91 Å². The molecule has 0 atom stereocenters. The third-order valence-corrected chi connectivity index (χ3v) is 5.48. The van der Waals surface area contributed by atoms with E-state index in [9.17, 15) is 4.79 Å². The SMILES string of the molecule is CC(C)CN(Cc1ccc2c(N)nccc2c1)c1ccc(Cc2ncccc2C(N)=O)cn1. The predicted octanol–water partition coefficient (Wildman–Crippen LogP) is 3.96. The van der Waals surface area contributed by atoms with Crippen LogP contribution in [-0.2, 0) is 13.0 Å². The number of pyridine rings is 3. The van der Waals surface area contributed by atoms with Crippen molar-refractivity contribution in [3.05, 3.63) is 89.5 Å². The third kappa shape index (κ3) is 5.26. The maximum Gasteiger partial charge on any atom is 0.250 e. The van der Waals surface area contributed by atoms with Crippen LogP contribution in [0.25, 0.3) is 10.8 Å². The summed E-state index contributed by atoms with van der Waals surface area (Å²) in [5, 5.41) is 2.04. The van der Waals surface area contributed by atoms with Crippen LogP contribution in [0.15, 0.2) is 67.1 Å². The maximum absolute atomic E-state index is 11.7. The van der Waals surface area contributed by atoms with Crippen LogP contribution < -0.4 is 16.4 Å². The molecule has 4 N–H and O–H groups in total. The highest BCUT2D eigenvalue weighted by Gasteiger charge is 2.13. The number of primary amides is 1. The second-order valence-electron chi connectivity index (χ2n) is 8.59. The molecule has 168 valence electrons. The summed E-state index contributed by atoms with van der Waals surface area (Å²) in [7, 11) is 0. The van der Waals surface area contributed by atoms with Gasteiger partial charge in [-0.15, -0.1) is 0 Å². The van der Waals surface area contributed by atoms with Gasteiger partial charge >= 0.3 is 0 Å². The molecule has 0 aliphatic rings. The third-order valence-electron chi connectivity index (χ3n) is 5.48. The van der Waals surface area contributed by atoms with Gasteiger partial charge in [-0.25, -0.2) is 9.97 Å². The molecule has 3 heterocycles. The lowest BCUT2D eigenvalue weighted by Crippen LogP contribution is -2.28. The molecular formula is C26H28N6O. The molecule has 7 heteroatoms.